The molecule has 0 bridgehead atoms. The number of unbranched alkanes of at least 4 members (excludes halogenated alkanes) is 1. The summed E-state index contributed by atoms with van der Waals surface area (Å²) in [6, 6.07) is 5.46. The van der Waals surface area contributed by atoms with E-state index in [1.165, 1.54) is 11.8 Å². The maximum atomic E-state index is 13.3. The summed E-state index contributed by atoms with van der Waals surface area (Å²) in [5.41, 5.74) is 0.366. The maximum absolute atomic E-state index is 13.3. The molecule has 2 aromatic rings. The lowest BCUT2D eigenvalue weighted by molar-refractivity contribution is -0.137. The van der Waals surface area contributed by atoms with Crippen molar-refractivity contribution in [1.82, 2.24) is 14.7 Å². The van der Waals surface area contributed by atoms with E-state index in [1.54, 1.807) is 12.3 Å². The van der Waals surface area contributed by atoms with Crippen molar-refractivity contribution in [2.75, 3.05) is 33.9 Å². The maximum Gasteiger partial charge on any atom is 0.416 e. The summed E-state index contributed by atoms with van der Waals surface area (Å²) in [5.74, 6) is 0.137. The van der Waals surface area contributed by atoms with Gasteiger partial charge in [-0.25, -0.2) is 4.68 Å². The smallest absolute Gasteiger partial charge is 0.416 e. The highest BCUT2D eigenvalue weighted by Gasteiger charge is 2.32. The van der Waals surface area contributed by atoms with Gasteiger partial charge in [0.1, 0.15) is 12.4 Å². The van der Waals surface area contributed by atoms with Crippen molar-refractivity contribution in [1.29, 1.82) is 0 Å². The average Bonchev–Trinajstić information content (AvgIpc) is 3.07. The predicted octanol–water partition coefficient (Wildman–Crippen LogP) is 4.15. The molecule has 1 aromatic heterocycles. The lowest BCUT2D eigenvalue weighted by atomic mass is 10.1. The van der Waals surface area contributed by atoms with E-state index in [0.29, 0.717) is 18.8 Å². The Morgan fingerprint density at radius 2 is 1.96 bits per heavy atom. The molecule has 0 aliphatic rings. The zero-order valence-corrected chi connectivity index (χ0v) is 15.9. The monoisotopic (exact) mass is 385 g/mol. The van der Waals surface area contributed by atoms with E-state index >= 15 is 0 Å². The molecule has 0 N–H and O–H groups in total. The molecule has 0 aliphatic heterocycles. The molecule has 8 heteroatoms. The fraction of sp³-hybridized carbons (Fsp3) is 0.526. The summed E-state index contributed by atoms with van der Waals surface area (Å²) in [6.07, 6.45) is -0.736. The topological polar surface area (TPSA) is 39.5 Å². The van der Waals surface area contributed by atoms with E-state index in [9.17, 15) is 13.2 Å². The molecular formula is C19H26F3N3O2. The molecule has 0 aliphatic carbocycles. The third-order valence-electron chi connectivity index (χ3n) is 4.07. The van der Waals surface area contributed by atoms with Crippen LogP contribution in [-0.2, 0) is 17.5 Å². The molecule has 5 nitrogen and oxygen atoms in total. The molecule has 0 radical (unpaired) electrons. The number of nitrogens with zero attached hydrogens (tertiary/aromatic N) is 3. The largest absolute Gasteiger partial charge is 0.491 e. The van der Waals surface area contributed by atoms with Crippen molar-refractivity contribution in [3.05, 3.63) is 41.7 Å². The highest BCUT2D eigenvalue weighted by atomic mass is 19.4. The Morgan fingerprint density at radius 3 is 2.63 bits per heavy atom. The van der Waals surface area contributed by atoms with Crippen molar-refractivity contribution in [3.8, 4) is 11.4 Å². The third kappa shape index (κ3) is 6.25. The van der Waals surface area contributed by atoms with E-state index in [2.05, 4.69) is 16.9 Å². The average molecular weight is 385 g/mol. The van der Waals surface area contributed by atoms with Gasteiger partial charge in [0, 0.05) is 25.9 Å². The molecule has 1 aromatic carbocycles. The summed E-state index contributed by atoms with van der Waals surface area (Å²) in [5, 5.41) is 4.22. The predicted molar refractivity (Wildman–Crippen MR) is 97.2 cm³/mol. The SMILES string of the molecule is CCCCN(C)Cc1ccnn1-c1cc(OCCOC)cc(C(F)(F)F)c1. The highest BCUT2D eigenvalue weighted by Crippen LogP contribution is 2.34. The quantitative estimate of drug-likeness (QED) is 0.576. The molecule has 0 unspecified atom stereocenters. The van der Waals surface area contributed by atoms with Crippen LogP contribution in [-0.4, -0.2) is 48.6 Å². The van der Waals surface area contributed by atoms with Gasteiger partial charge in [-0.1, -0.05) is 13.3 Å². The fourth-order valence-electron chi connectivity index (χ4n) is 2.66. The van der Waals surface area contributed by atoms with Gasteiger partial charge in [0.05, 0.1) is 23.6 Å². The molecule has 0 spiro atoms. The molecule has 2 rings (SSSR count). The second kappa shape index (κ2) is 9.75. The summed E-state index contributed by atoms with van der Waals surface area (Å²) >= 11 is 0. The Morgan fingerprint density at radius 1 is 1.19 bits per heavy atom. The Kier molecular flexibility index (Phi) is 7.67. The first-order chi connectivity index (χ1) is 12.8. The second-order valence-electron chi connectivity index (χ2n) is 6.38. The molecule has 27 heavy (non-hydrogen) atoms. The summed E-state index contributed by atoms with van der Waals surface area (Å²) in [7, 11) is 3.49. The van der Waals surface area contributed by atoms with E-state index in [1.807, 2.05) is 13.1 Å². The van der Waals surface area contributed by atoms with Crippen molar-refractivity contribution >= 4 is 0 Å². The minimum atomic E-state index is -4.47. The number of benzene rings is 1. The third-order valence-corrected chi connectivity index (χ3v) is 4.07. The van der Waals surface area contributed by atoms with Crippen molar-refractivity contribution < 1.29 is 22.6 Å². The van der Waals surface area contributed by atoms with E-state index < -0.39 is 11.7 Å². The number of ether oxygens (including phenoxy) is 2. The van der Waals surface area contributed by atoms with E-state index in [0.717, 1.165) is 37.2 Å². The number of hydrogen-bond donors (Lipinski definition) is 0. The van der Waals surface area contributed by atoms with E-state index in [4.69, 9.17) is 9.47 Å². The number of aromatic nitrogens is 2. The first-order valence-corrected chi connectivity index (χ1v) is 8.91. The van der Waals surface area contributed by atoms with Gasteiger partial charge in [0.2, 0.25) is 0 Å². The summed E-state index contributed by atoms with van der Waals surface area (Å²) in [4.78, 5) is 2.13. The first kappa shape index (κ1) is 21.2. The minimum absolute atomic E-state index is 0.137. The zero-order chi connectivity index (χ0) is 19.9. The number of halogens is 3. The van der Waals surface area contributed by atoms with Gasteiger partial charge in [-0.2, -0.15) is 18.3 Å². The summed E-state index contributed by atoms with van der Waals surface area (Å²) < 4.78 is 51.8. The van der Waals surface area contributed by atoms with Gasteiger partial charge in [-0.15, -0.1) is 0 Å². The van der Waals surface area contributed by atoms with Crippen molar-refractivity contribution in [3.63, 3.8) is 0 Å². The van der Waals surface area contributed by atoms with Crippen LogP contribution in [0, 0.1) is 0 Å². The number of methoxy groups -OCH3 is 1. The van der Waals surface area contributed by atoms with Crippen LogP contribution in [0.2, 0.25) is 0 Å². The lowest BCUT2D eigenvalue weighted by Crippen LogP contribution is -2.21. The van der Waals surface area contributed by atoms with Crippen LogP contribution in [0.3, 0.4) is 0 Å². The van der Waals surface area contributed by atoms with Crippen LogP contribution in [0.1, 0.15) is 31.0 Å². The Hall–Kier alpha value is -2.06. The number of rotatable bonds is 10. The Balaban J connectivity index is 2.31. The van der Waals surface area contributed by atoms with Gasteiger partial charge in [-0.3, -0.25) is 0 Å². The number of alkyl halides is 3. The van der Waals surface area contributed by atoms with Crippen molar-refractivity contribution in [2.24, 2.45) is 0 Å². The molecule has 0 fully saturated rings. The van der Waals surface area contributed by atoms with Gasteiger partial charge in [0.25, 0.3) is 0 Å². The molecule has 0 saturated heterocycles. The summed E-state index contributed by atoms with van der Waals surface area (Å²) in [6.45, 7) is 4.08. The molecule has 150 valence electrons. The molecule has 0 saturated carbocycles. The van der Waals surface area contributed by atoms with Crippen LogP contribution in [0.25, 0.3) is 5.69 Å². The first-order valence-electron chi connectivity index (χ1n) is 8.91. The molecular weight excluding hydrogens is 359 g/mol. The van der Waals surface area contributed by atoms with Crippen LogP contribution < -0.4 is 4.74 Å². The highest BCUT2D eigenvalue weighted by molar-refractivity contribution is 5.45. The molecule has 1 heterocycles. The molecule has 0 atom stereocenters. The van der Waals surface area contributed by atoms with Crippen LogP contribution in [0.5, 0.6) is 5.75 Å². The van der Waals surface area contributed by atoms with Crippen LogP contribution in [0.15, 0.2) is 30.5 Å². The standard InChI is InChI=1S/C19H26F3N3O2/c1-4-5-8-24(2)14-16-6-7-23-25(16)17-11-15(19(20,21)22)12-18(13-17)27-10-9-26-3/h6-7,11-13H,4-5,8-10,14H2,1-3H3. The van der Waals surface area contributed by atoms with Crippen molar-refractivity contribution in [2.45, 2.75) is 32.5 Å². The second-order valence-corrected chi connectivity index (χ2v) is 6.38. The number of hydrogen-bond acceptors (Lipinski definition) is 4. The van der Waals surface area contributed by atoms with Gasteiger partial charge in [0.15, 0.2) is 0 Å². The Labute approximate surface area is 157 Å². The van der Waals surface area contributed by atoms with Gasteiger partial charge in [-0.05, 0) is 38.2 Å². The van der Waals surface area contributed by atoms with Gasteiger partial charge < -0.3 is 14.4 Å². The lowest BCUT2D eigenvalue weighted by Gasteiger charge is -2.18. The van der Waals surface area contributed by atoms with Crippen LogP contribution in [0.4, 0.5) is 13.2 Å². The normalized spacial score (nSPS) is 12.0. The fourth-order valence-corrected chi connectivity index (χ4v) is 2.66. The zero-order valence-electron chi connectivity index (χ0n) is 15.9. The van der Waals surface area contributed by atoms with Crippen LogP contribution >= 0.6 is 0 Å². The molecule has 0 amide bonds. The minimum Gasteiger partial charge on any atom is -0.491 e. The Bertz CT molecular complexity index is 716. The van der Waals surface area contributed by atoms with E-state index in [-0.39, 0.29) is 12.4 Å². The van der Waals surface area contributed by atoms with Gasteiger partial charge >= 0.3 is 6.18 Å².